The molecule has 0 spiro atoms. The number of hydrogen-bond acceptors (Lipinski definition) is 2. The molecule has 0 fully saturated rings. The van der Waals surface area contributed by atoms with Crippen LogP contribution in [-0.2, 0) is 6.54 Å². The summed E-state index contributed by atoms with van der Waals surface area (Å²) in [6.07, 6.45) is 7.60. The van der Waals surface area contributed by atoms with Gasteiger partial charge in [-0.15, -0.1) is 0 Å². The number of allylic oxidation sites excluding steroid dienone is 4. The highest BCUT2D eigenvalue weighted by Gasteiger charge is 2.04. The van der Waals surface area contributed by atoms with Crippen LogP contribution in [0.2, 0.25) is 0 Å². The fourth-order valence-electron chi connectivity index (χ4n) is 1.31. The standard InChI is InChI=1S/C13H19N3/c1-11(2)6-7-12(3)16-9-8-14-13(16)10-15(4)5/h6-9H,1,3,10H2,2,4-5H3/b7-6-. The maximum atomic E-state index is 4.31. The van der Waals surface area contributed by atoms with Crippen molar-refractivity contribution >= 4 is 5.70 Å². The Hall–Kier alpha value is -1.61. The first kappa shape index (κ1) is 12.5. The summed E-state index contributed by atoms with van der Waals surface area (Å²) >= 11 is 0. The Morgan fingerprint density at radius 1 is 1.44 bits per heavy atom. The topological polar surface area (TPSA) is 21.1 Å². The van der Waals surface area contributed by atoms with E-state index in [1.165, 1.54) is 0 Å². The van der Waals surface area contributed by atoms with Crippen LogP contribution >= 0.6 is 0 Å². The maximum Gasteiger partial charge on any atom is 0.127 e. The van der Waals surface area contributed by atoms with Gasteiger partial charge in [-0.1, -0.05) is 24.8 Å². The zero-order valence-electron chi connectivity index (χ0n) is 10.3. The van der Waals surface area contributed by atoms with Gasteiger partial charge in [0.25, 0.3) is 0 Å². The Balaban J connectivity index is 2.83. The van der Waals surface area contributed by atoms with Crippen LogP contribution in [0.4, 0.5) is 0 Å². The van der Waals surface area contributed by atoms with E-state index in [1.54, 1.807) is 6.20 Å². The summed E-state index contributed by atoms with van der Waals surface area (Å²) in [6, 6.07) is 0. The first-order chi connectivity index (χ1) is 7.50. The van der Waals surface area contributed by atoms with Crippen LogP contribution in [0.5, 0.6) is 0 Å². The third-order valence-corrected chi connectivity index (χ3v) is 2.04. The second kappa shape index (κ2) is 5.47. The third kappa shape index (κ3) is 3.51. The van der Waals surface area contributed by atoms with Gasteiger partial charge in [0, 0.05) is 18.1 Å². The Kier molecular flexibility index (Phi) is 4.26. The predicted molar refractivity (Wildman–Crippen MR) is 68.9 cm³/mol. The Morgan fingerprint density at radius 3 is 2.69 bits per heavy atom. The summed E-state index contributed by atoms with van der Waals surface area (Å²) in [6.45, 7) is 10.6. The number of nitrogens with zero attached hydrogens (tertiary/aromatic N) is 3. The van der Waals surface area contributed by atoms with Gasteiger partial charge in [-0.05, 0) is 27.1 Å². The van der Waals surface area contributed by atoms with Crippen molar-refractivity contribution in [3.63, 3.8) is 0 Å². The van der Waals surface area contributed by atoms with Gasteiger partial charge < -0.3 is 9.47 Å². The lowest BCUT2D eigenvalue weighted by molar-refractivity contribution is 0.388. The molecule has 0 saturated heterocycles. The Morgan fingerprint density at radius 2 is 2.12 bits per heavy atom. The molecule has 0 aliphatic heterocycles. The van der Waals surface area contributed by atoms with Gasteiger partial charge >= 0.3 is 0 Å². The van der Waals surface area contributed by atoms with E-state index in [-0.39, 0.29) is 0 Å². The molecule has 1 heterocycles. The van der Waals surface area contributed by atoms with Gasteiger partial charge in [0.2, 0.25) is 0 Å². The normalized spacial score (nSPS) is 11.2. The van der Waals surface area contributed by atoms with Crippen molar-refractivity contribution in [3.8, 4) is 0 Å². The van der Waals surface area contributed by atoms with Crippen LogP contribution < -0.4 is 0 Å². The van der Waals surface area contributed by atoms with E-state index in [0.29, 0.717) is 0 Å². The molecule has 86 valence electrons. The van der Waals surface area contributed by atoms with Gasteiger partial charge in [0.15, 0.2) is 0 Å². The van der Waals surface area contributed by atoms with Crippen molar-refractivity contribution in [1.29, 1.82) is 0 Å². The summed E-state index contributed by atoms with van der Waals surface area (Å²) in [5.74, 6) is 0.987. The van der Waals surface area contributed by atoms with E-state index in [2.05, 4.69) is 23.0 Å². The van der Waals surface area contributed by atoms with Crippen molar-refractivity contribution in [2.24, 2.45) is 0 Å². The van der Waals surface area contributed by atoms with Crippen LogP contribution in [0.1, 0.15) is 12.7 Å². The number of rotatable bonds is 5. The zero-order valence-corrected chi connectivity index (χ0v) is 10.3. The predicted octanol–water partition coefficient (Wildman–Crippen LogP) is 2.55. The minimum absolute atomic E-state index is 0.799. The molecule has 1 aromatic heterocycles. The number of imidazole rings is 1. The second-order valence-electron chi connectivity index (χ2n) is 4.12. The maximum absolute atomic E-state index is 4.31. The summed E-state index contributed by atoms with van der Waals surface area (Å²) in [5.41, 5.74) is 1.91. The molecule has 0 bridgehead atoms. The van der Waals surface area contributed by atoms with E-state index in [4.69, 9.17) is 0 Å². The van der Waals surface area contributed by atoms with Gasteiger partial charge in [0.1, 0.15) is 5.82 Å². The average Bonchev–Trinajstić information content (AvgIpc) is 2.61. The van der Waals surface area contributed by atoms with Gasteiger partial charge in [-0.3, -0.25) is 0 Å². The van der Waals surface area contributed by atoms with E-state index in [1.807, 2.05) is 43.9 Å². The molecule has 0 aliphatic carbocycles. The Bertz CT molecular complexity index is 411. The monoisotopic (exact) mass is 217 g/mol. The molecule has 1 aromatic rings. The summed E-state index contributed by atoms with van der Waals surface area (Å²) in [5, 5.41) is 0. The van der Waals surface area contributed by atoms with E-state index >= 15 is 0 Å². The molecule has 0 atom stereocenters. The SMILES string of the molecule is C=C(C)/C=C\C(=C)n1ccnc1CN(C)C. The highest BCUT2D eigenvalue weighted by atomic mass is 15.1. The van der Waals surface area contributed by atoms with Gasteiger partial charge in [-0.25, -0.2) is 4.98 Å². The van der Waals surface area contributed by atoms with Crippen molar-refractivity contribution in [1.82, 2.24) is 14.5 Å². The van der Waals surface area contributed by atoms with Gasteiger partial charge in [0.05, 0.1) is 6.54 Å². The van der Waals surface area contributed by atoms with Crippen molar-refractivity contribution < 1.29 is 0 Å². The van der Waals surface area contributed by atoms with Crippen LogP contribution in [0.25, 0.3) is 5.70 Å². The lowest BCUT2D eigenvalue weighted by atomic mass is 10.3. The number of hydrogen-bond donors (Lipinski definition) is 0. The fourth-order valence-corrected chi connectivity index (χ4v) is 1.31. The van der Waals surface area contributed by atoms with E-state index < -0.39 is 0 Å². The fraction of sp³-hybridized carbons (Fsp3) is 0.308. The van der Waals surface area contributed by atoms with Crippen molar-refractivity contribution in [2.75, 3.05) is 14.1 Å². The van der Waals surface area contributed by atoms with Crippen LogP contribution in [-0.4, -0.2) is 28.5 Å². The van der Waals surface area contributed by atoms with E-state index in [9.17, 15) is 0 Å². The Labute approximate surface area is 97.4 Å². The largest absolute Gasteiger partial charge is 0.303 e. The lowest BCUT2D eigenvalue weighted by Gasteiger charge is -2.11. The molecule has 3 heteroatoms. The first-order valence-electron chi connectivity index (χ1n) is 5.20. The smallest absolute Gasteiger partial charge is 0.127 e. The van der Waals surface area contributed by atoms with Gasteiger partial charge in [-0.2, -0.15) is 0 Å². The molecule has 0 aromatic carbocycles. The van der Waals surface area contributed by atoms with Crippen molar-refractivity contribution in [2.45, 2.75) is 13.5 Å². The summed E-state index contributed by atoms with van der Waals surface area (Å²) < 4.78 is 1.99. The molecule has 0 amide bonds. The lowest BCUT2D eigenvalue weighted by Crippen LogP contribution is -2.14. The average molecular weight is 217 g/mol. The minimum atomic E-state index is 0.799. The molecular weight excluding hydrogens is 198 g/mol. The highest BCUT2D eigenvalue weighted by molar-refractivity contribution is 5.56. The van der Waals surface area contributed by atoms with Crippen LogP contribution in [0, 0.1) is 0 Å². The summed E-state index contributed by atoms with van der Waals surface area (Å²) in [7, 11) is 4.04. The zero-order chi connectivity index (χ0) is 12.1. The van der Waals surface area contributed by atoms with Crippen LogP contribution in [0.15, 0.2) is 43.3 Å². The molecule has 0 saturated carbocycles. The molecule has 0 N–H and O–H groups in total. The van der Waals surface area contributed by atoms with E-state index in [0.717, 1.165) is 23.6 Å². The molecule has 3 nitrogen and oxygen atoms in total. The third-order valence-electron chi connectivity index (χ3n) is 2.04. The van der Waals surface area contributed by atoms with Crippen molar-refractivity contribution in [3.05, 3.63) is 49.1 Å². The highest BCUT2D eigenvalue weighted by Crippen LogP contribution is 2.10. The molecular formula is C13H19N3. The summed E-state index contributed by atoms with van der Waals surface area (Å²) in [4.78, 5) is 6.39. The molecule has 16 heavy (non-hydrogen) atoms. The van der Waals surface area contributed by atoms with Crippen LogP contribution in [0.3, 0.4) is 0 Å². The molecule has 0 radical (unpaired) electrons. The molecule has 1 rings (SSSR count). The molecule has 0 unspecified atom stereocenters. The minimum Gasteiger partial charge on any atom is -0.303 e. The second-order valence-corrected chi connectivity index (χ2v) is 4.12. The quantitative estimate of drug-likeness (QED) is 0.707. The molecule has 0 aliphatic rings. The first-order valence-corrected chi connectivity index (χ1v) is 5.20. The number of aromatic nitrogens is 2.